The third-order valence-corrected chi connectivity index (χ3v) is 3.90. The number of anilines is 1. The van der Waals surface area contributed by atoms with Gasteiger partial charge in [0.25, 0.3) is 0 Å². The Morgan fingerprint density at radius 2 is 1.77 bits per heavy atom. The number of carbonyl (C=O) groups is 1. The number of benzene rings is 2. The molecular formula is C21H21N3O2. The lowest BCUT2D eigenvalue weighted by molar-refractivity contribution is -0.116. The first kappa shape index (κ1) is 17.6. The normalized spacial score (nSPS) is 10.4. The van der Waals surface area contributed by atoms with E-state index in [2.05, 4.69) is 15.3 Å². The maximum Gasteiger partial charge on any atom is 0.227 e. The summed E-state index contributed by atoms with van der Waals surface area (Å²) in [7, 11) is 0. The Kier molecular flexibility index (Phi) is 5.59. The van der Waals surface area contributed by atoms with Crippen LogP contribution >= 0.6 is 0 Å². The minimum atomic E-state index is -0.133. The van der Waals surface area contributed by atoms with Gasteiger partial charge in [0.05, 0.1) is 31.1 Å². The van der Waals surface area contributed by atoms with Crippen LogP contribution in [0.3, 0.4) is 0 Å². The van der Waals surface area contributed by atoms with Gasteiger partial charge < -0.3 is 10.1 Å². The van der Waals surface area contributed by atoms with Crippen molar-refractivity contribution < 1.29 is 9.53 Å². The van der Waals surface area contributed by atoms with Crippen LogP contribution in [-0.4, -0.2) is 22.5 Å². The summed E-state index contributed by atoms with van der Waals surface area (Å²) < 4.78 is 5.71. The van der Waals surface area contributed by atoms with Crippen molar-refractivity contribution in [2.24, 2.45) is 0 Å². The van der Waals surface area contributed by atoms with E-state index in [9.17, 15) is 4.79 Å². The fourth-order valence-corrected chi connectivity index (χ4v) is 2.47. The second-order valence-corrected chi connectivity index (χ2v) is 6.08. The van der Waals surface area contributed by atoms with Crippen LogP contribution < -0.4 is 10.1 Å². The lowest BCUT2D eigenvalue weighted by atomic mass is 10.1. The van der Waals surface area contributed by atoms with Gasteiger partial charge in [0, 0.05) is 5.56 Å². The SMILES string of the molecule is Cc1ccc(C)c(OCCC(=O)Nc2cnc(-c3ccccc3)nc2)c1. The minimum Gasteiger partial charge on any atom is -0.493 e. The van der Waals surface area contributed by atoms with Gasteiger partial charge in [-0.15, -0.1) is 0 Å². The Bertz CT molecular complexity index is 878. The number of ether oxygens (including phenoxy) is 1. The second-order valence-electron chi connectivity index (χ2n) is 6.08. The summed E-state index contributed by atoms with van der Waals surface area (Å²) in [5.74, 6) is 1.31. The van der Waals surface area contributed by atoms with E-state index in [0.29, 0.717) is 18.1 Å². The van der Waals surface area contributed by atoms with E-state index in [1.54, 1.807) is 12.4 Å². The van der Waals surface area contributed by atoms with Crippen molar-refractivity contribution >= 4 is 11.6 Å². The van der Waals surface area contributed by atoms with Crippen LogP contribution in [-0.2, 0) is 4.79 Å². The average molecular weight is 347 g/mol. The zero-order chi connectivity index (χ0) is 18.4. The Labute approximate surface area is 153 Å². The van der Waals surface area contributed by atoms with Crippen LogP contribution in [0, 0.1) is 13.8 Å². The number of carbonyl (C=O) groups excluding carboxylic acids is 1. The summed E-state index contributed by atoms with van der Waals surface area (Å²) in [6.07, 6.45) is 3.48. The number of hydrogen-bond acceptors (Lipinski definition) is 4. The molecule has 0 bridgehead atoms. The van der Waals surface area contributed by atoms with Crippen molar-refractivity contribution in [3.05, 3.63) is 72.1 Å². The first-order chi connectivity index (χ1) is 12.6. The zero-order valence-electron chi connectivity index (χ0n) is 14.9. The van der Waals surface area contributed by atoms with Crippen molar-refractivity contribution in [2.45, 2.75) is 20.3 Å². The molecule has 1 heterocycles. The van der Waals surface area contributed by atoms with Crippen molar-refractivity contribution in [3.63, 3.8) is 0 Å². The van der Waals surface area contributed by atoms with E-state index >= 15 is 0 Å². The van der Waals surface area contributed by atoms with Gasteiger partial charge in [0.1, 0.15) is 5.75 Å². The van der Waals surface area contributed by atoms with E-state index in [1.807, 2.05) is 62.4 Å². The Balaban J connectivity index is 1.51. The third kappa shape index (κ3) is 4.66. The molecule has 3 rings (SSSR count). The maximum atomic E-state index is 12.1. The van der Waals surface area contributed by atoms with E-state index < -0.39 is 0 Å². The highest BCUT2D eigenvalue weighted by Crippen LogP contribution is 2.19. The molecule has 132 valence electrons. The predicted molar refractivity (Wildman–Crippen MR) is 102 cm³/mol. The molecule has 26 heavy (non-hydrogen) atoms. The van der Waals surface area contributed by atoms with Gasteiger partial charge in [-0.2, -0.15) is 0 Å². The molecule has 0 aliphatic rings. The van der Waals surface area contributed by atoms with Gasteiger partial charge in [0.2, 0.25) is 5.91 Å². The highest BCUT2D eigenvalue weighted by Gasteiger charge is 2.06. The molecule has 0 unspecified atom stereocenters. The number of nitrogens with one attached hydrogen (secondary N) is 1. The summed E-state index contributed by atoms with van der Waals surface area (Å²) >= 11 is 0. The molecule has 0 radical (unpaired) electrons. The molecule has 0 saturated heterocycles. The minimum absolute atomic E-state index is 0.133. The molecule has 2 aromatic carbocycles. The molecule has 0 saturated carbocycles. The van der Waals surface area contributed by atoms with Gasteiger partial charge in [0.15, 0.2) is 5.82 Å². The van der Waals surface area contributed by atoms with E-state index in [1.165, 1.54) is 0 Å². The molecule has 0 spiro atoms. The lowest BCUT2D eigenvalue weighted by Gasteiger charge is -2.10. The highest BCUT2D eigenvalue weighted by atomic mass is 16.5. The standard InChI is InChI=1S/C21H21N3O2/c1-15-8-9-16(2)19(12-15)26-11-10-20(25)24-18-13-22-21(23-14-18)17-6-4-3-5-7-17/h3-9,12-14H,10-11H2,1-2H3,(H,24,25). The highest BCUT2D eigenvalue weighted by molar-refractivity contribution is 5.90. The average Bonchev–Trinajstić information content (AvgIpc) is 2.66. The van der Waals surface area contributed by atoms with Crippen LogP contribution in [0.5, 0.6) is 5.75 Å². The Hall–Kier alpha value is -3.21. The summed E-state index contributed by atoms with van der Waals surface area (Å²) in [6.45, 7) is 4.32. The Morgan fingerprint density at radius 3 is 2.50 bits per heavy atom. The number of amides is 1. The topological polar surface area (TPSA) is 64.1 Å². The van der Waals surface area contributed by atoms with Gasteiger partial charge >= 0.3 is 0 Å². The largest absolute Gasteiger partial charge is 0.493 e. The fourth-order valence-electron chi connectivity index (χ4n) is 2.47. The third-order valence-electron chi connectivity index (χ3n) is 3.90. The number of aryl methyl sites for hydroxylation is 2. The van der Waals surface area contributed by atoms with Gasteiger partial charge in [-0.25, -0.2) is 9.97 Å². The number of nitrogens with zero attached hydrogens (tertiary/aromatic N) is 2. The number of aromatic nitrogens is 2. The second kappa shape index (κ2) is 8.25. The summed E-state index contributed by atoms with van der Waals surface area (Å²) in [5, 5.41) is 2.79. The van der Waals surface area contributed by atoms with Crippen molar-refractivity contribution in [1.82, 2.24) is 9.97 Å². The van der Waals surface area contributed by atoms with Gasteiger partial charge in [-0.05, 0) is 31.0 Å². The summed E-state index contributed by atoms with van der Waals surface area (Å²) in [6, 6.07) is 15.7. The number of hydrogen-bond donors (Lipinski definition) is 1. The van der Waals surface area contributed by atoms with Gasteiger partial charge in [-0.1, -0.05) is 42.5 Å². The first-order valence-corrected chi connectivity index (χ1v) is 8.49. The molecule has 0 aliphatic heterocycles. The Morgan fingerprint density at radius 1 is 1.04 bits per heavy atom. The fraction of sp³-hybridized carbons (Fsp3) is 0.190. The number of rotatable bonds is 6. The molecule has 5 nitrogen and oxygen atoms in total. The van der Waals surface area contributed by atoms with Crippen LogP contribution in [0.2, 0.25) is 0 Å². The van der Waals surface area contributed by atoms with E-state index in [-0.39, 0.29) is 12.3 Å². The molecule has 5 heteroatoms. The van der Waals surface area contributed by atoms with Crippen LogP contribution in [0.1, 0.15) is 17.5 Å². The smallest absolute Gasteiger partial charge is 0.227 e. The van der Waals surface area contributed by atoms with Gasteiger partial charge in [-0.3, -0.25) is 4.79 Å². The maximum absolute atomic E-state index is 12.1. The lowest BCUT2D eigenvalue weighted by Crippen LogP contribution is -2.15. The van der Waals surface area contributed by atoms with Crippen molar-refractivity contribution in [3.8, 4) is 17.1 Å². The molecule has 0 fully saturated rings. The molecule has 0 atom stereocenters. The zero-order valence-corrected chi connectivity index (χ0v) is 14.9. The molecule has 0 aliphatic carbocycles. The van der Waals surface area contributed by atoms with Crippen LogP contribution in [0.4, 0.5) is 5.69 Å². The quantitative estimate of drug-likeness (QED) is 0.727. The molecule has 3 aromatic rings. The summed E-state index contributed by atoms with van der Waals surface area (Å²) in [4.78, 5) is 20.7. The van der Waals surface area contributed by atoms with E-state index in [0.717, 1.165) is 22.4 Å². The first-order valence-electron chi connectivity index (χ1n) is 8.49. The van der Waals surface area contributed by atoms with Crippen LogP contribution in [0.25, 0.3) is 11.4 Å². The van der Waals surface area contributed by atoms with Crippen LogP contribution in [0.15, 0.2) is 60.9 Å². The molecular weight excluding hydrogens is 326 g/mol. The van der Waals surface area contributed by atoms with Crippen molar-refractivity contribution in [2.75, 3.05) is 11.9 Å². The molecule has 1 N–H and O–H groups in total. The summed E-state index contributed by atoms with van der Waals surface area (Å²) in [5.41, 5.74) is 3.69. The van der Waals surface area contributed by atoms with E-state index in [4.69, 9.17) is 4.74 Å². The molecule has 1 amide bonds. The monoisotopic (exact) mass is 347 g/mol. The van der Waals surface area contributed by atoms with Crippen molar-refractivity contribution in [1.29, 1.82) is 0 Å². The predicted octanol–water partition coefficient (Wildman–Crippen LogP) is 4.17. The molecule has 1 aromatic heterocycles.